The maximum Gasteiger partial charge on any atom is 0.416 e. The van der Waals surface area contributed by atoms with Crippen LogP contribution in [0.3, 0.4) is 0 Å². The van der Waals surface area contributed by atoms with Crippen LogP contribution in [0.2, 0.25) is 0 Å². The molecule has 0 saturated carbocycles. The Morgan fingerprint density at radius 1 is 0.938 bits per heavy atom. The van der Waals surface area contributed by atoms with Crippen molar-refractivity contribution in [2.75, 3.05) is 23.4 Å². The fourth-order valence-corrected chi connectivity index (χ4v) is 5.21. The van der Waals surface area contributed by atoms with E-state index in [0.29, 0.717) is 12.1 Å². The van der Waals surface area contributed by atoms with Crippen LogP contribution in [-0.2, 0) is 34.5 Å². The normalized spacial score (nSPS) is 16.7. The molecule has 9 nitrogen and oxygen atoms in total. The number of alkyl halides is 9. The number of aromatic nitrogens is 2. The number of carbonyl (C=O) groups is 2. The highest BCUT2D eigenvalue weighted by atomic mass is 19.4. The first-order chi connectivity index (χ1) is 22.3. The van der Waals surface area contributed by atoms with Crippen LogP contribution in [0.25, 0.3) is 0 Å². The Labute approximate surface area is 266 Å². The lowest BCUT2D eigenvalue weighted by molar-refractivity contribution is -0.143. The maximum absolute atomic E-state index is 13.6. The van der Waals surface area contributed by atoms with Gasteiger partial charge < -0.3 is 19.9 Å². The third-order valence-corrected chi connectivity index (χ3v) is 7.34. The first kappa shape index (κ1) is 36.1. The quantitative estimate of drug-likeness (QED) is 0.132. The van der Waals surface area contributed by atoms with E-state index >= 15 is 0 Å². The number of carbonyl (C=O) groups excluding carboxylic acids is 1. The number of anilines is 2. The molecule has 2 N–H and O–H groups in total. The van der Waals surface area contributed by atoms with Gasteiger partial charge in [-0.1, -0.05) is 6.92 Å². The number of hydrogen-bond donors (Lipinski definition) is 2. The highest BCUT2D eigenvalue weighted by molar-refractivity contribution is 5.89. The molecular formula is C30H27F9N4O5. The van der Waals surface area contributed by atoms with E-state index in [0.717, 1.165) is 36.2 Å². The highest BCUT2D eigenvalue weighted by Gasteiger charge is 2.40. The standard InChI is InChI=1S/C30H27F9N4O5/c1-3-20-13-22(21-12-17(28(31,32)33)4-5-24(21)43(20)27(45)46)41-26-40-14-25(48-7-6-47-15(2)44)23(42-26)10-16-8-18(29(34,35)36)11-19(9-16)30(37,38)39/h4-5,8-9,11-12,14,20,22H,3,6-7,10,13H2,1-2H3,(H,45,46)(H,40,41,42)/t20-,22+/m1/s1. The number of ether oxygens (including phenoxy) is 2. The lowest BCUT2D eigenvalue weighted by Gasteiger charge is -2.39. The molecule has 0 aliphatic carbocycles. The van der Waals surface area contributed by atoms with Gasteiger partial charge in [0.1, 0.15) is 13.2 Å². The lowest BCUT2D eigenvalue weighted by Crippen LogP contribution is -2.45. The van der Waals surface area contributed by atoms with E-state index in [1.54, 1.807) is 6.92 Å². The molecule has 0 saturated heterocycles. The summed E-state index contributed by atoms with van der Waals surface area (Å²) in [6.07, 6.45) is -15.8. The Kier molecular flexibility index (Phi) is 10.3. The Morgan fingerprint density at radius 2 is 1.56 bits per heavy atom. The van der Waals surface area contributed by atoms with Crippen LogP contribution < -0.4 is 15.0 Å². The van der Waals surface area contributed by atoms with E-state index in [9.17, 15) is 54.2 Å². The molecule has 18 heteroatoms. The lowest BCUT2D eigenvalue weighted by atomic mass is 9.89. The SMILES string of the molecule is CC[C@@H]1C[C@H](Nc2ncc(OCCOC(C)=O)c(Cc3cc(C(F)(F)F)cc(C(F)(F)F)c3)n2)c2cc(C(F)(F)F)ccc2N1C(=O)O. The Morgan fingerprint density at radius 3 is 2.10 bits per heavy atom. The number of amides is 1. The maximum atomic E-state index is 13.6. The van der Waals surface area contributed by atoms with Crippen LogP contribution in [-0.4, -0.2) is 46.4 Å². The molecule has 4 rings (SSSR count). The van der Waals surface area contributed by atoms with Crippen LogP contribution in [0.15, 0.2) is 42.6 Å². The molecule has 2 atom stereocenters. The summed E-state index contributed by atoms with van der Waals surface area (Å²) in [5.41, 5.74) is -4.93. The summed E-state index contributed by atoms with van der Waals surface area (Å²) in [4.78, 5) is 32.5. The summed E-state index contributed by atoms with van der Waals surface area (Å²) in [6.45, 7) is 2.24. The van der Waals surface area contributed by atoms with Gasteiger partial charge in [0, 0.05) is 19.4 Å². The van der Waals surface area contributed by atoms with Crippen LogP contribution in [0.4, 0.5) is 55.9 Å². The van der Waals surface area contributed by atoms with Gasteiger partial charge in [-0.25, -0.2) is 14.8 Å². The molecule has 0 spiro atoms. The Balaban J connectivity index is 1.77. The molecule has 2 aromatic carbocycles. The highest BCUT2D eigenvalue weighted by Crippen LogP contribution is 2.43. The molecule has 48 heavy (non-hydrogen) atoms. The topological polar surface area (TPSA) is 114 Å². The van der Waals surface area contributed by atoms with Crippen molar-refractivity contribution in [3.8, 4) is 5.75 Å². The number of esters is 1. The molecule has 0 fully saturated rings. The molecule has 0 bridgehead atoms. The van der Waals surface area contributed by atoms with Gasteiger partial charge in [0.15, 0.2) is 5.75 Å². The molecule has 1 aliphatic heterocycles. The minimum atomic E-state index is -5.12. The van der Waals surface area contributed by atoms with Crippen molar-refractivity contribution in [2.45, 2.75) is 63.7 Å². The zero-order valence-electron chi connectivity index (χ0n) is 25.1. The number of hydrogen-bond acceptors (Lipinski definition) is 7. The number of fused-ring (bicyclic) bond motifs is 1. The summed E-state index contributed by atoms with van der Waals surface area (Å²) in [5, 5.41) is 12.7. The summed E-state index contributed by atoms with van der Waals surface area (Å²) < 4.78 is 132. The van der Waals surface area contributed by atoms with Gasteiger partial charge in [0.2, 0.25) is 5.95 Å². The molecule has 1 aliphatic rings. The van der Waals surface area contributed by atoms with Crippen LogP contribution in [0, 0.1) is 0 Å². The van der Waals surface area contributed by atoms with Crippen LogP contribution in [0.5, 0.6) is 5.75 Å². The zero-order valence-corrected chi connectivity index (χ0v) is 25.1. The van der Waals surface area contributed by atoms with Crippen LogP contribution >= 0.6 is 0 Å². The third kappa shape index (κ3) is 8.57. The van der Waals surface area contributed by atoms with Crippen molar-refractivity contribution in [1.29, 1.82) is 0 Å². The number of nitrogens with one attached hydrogen (secondary N) is 1. The van der Waals surface area contributed by atoms with E-state index in [4.69, 9.17) is 9.47 Å². The average molecular weight is 695 g/mol. The van der Waals surface area contributed by atoms with E-state index in [1.165, 1.54) is 0 Å². The summed E-state index contributed by atoms with van der Waals surface area (Å²) in [7, 11) is 0. The van der Waals surface area contributed by atoms with Gasteiger partial charge in [-0.05, 0) is 60.4 Å². The summed E-state index contributed by atoms with van der Waals surface area (Å²) in [5.74, 6) is -1.12. The third-order valence-electron chi connectivity index (χ3n) is 7.34. The van der Waals surface area contributed by atoms with Crippen molar-refractivity contribution >= 4 is 23.7 Å². The molecule has 1 aromatic heterocycles. The Hall–Kier alpha value is -4.77. The first-order valence-corrected chi connectivity index (χ1v) is 14.2. The van der Waals surface area contributed by atoms with Gasteiger partial charge in [-0.3, -0.25) is 9.69 Å². The monoisotopic (exact) mass is 694 g/mol. The second kappa shape index (κ2) is 13.8. The smallest absolute Gasteiger partial charge is 0.416 e. The summed E-state index contributed by atoms with van der Waals surface area (Å²) in [6, 6.07) is 1.84. The first-order valence-electron chi connectivity index (χ1n) is 14.2. The Bertz CT molecular complexity index is 1630. The van der Waals surface area contributed by atoms with Gasteiger partial charge in [0.25, 0.3) is 0 Å². The number of halogens is 9. The van der Waals surface area contributed by atoms with Crippen LogP contribution in [0.1, 0.15) is 66.2 Å². The molecule has 2 heterocycles. The zero-order chi connectivity index (χ0) is 35.6. The second-order valence-electron chi connectivity index (χ2n) is 10.7. The number of rotatable bonds is 9. The van der Waals surface area contributed by atoms with Gasteiger partial charge in [-0.2, -0.15) is 39.5 Å². The fourth-order valence-electron chi connectivity index (χ4n) is 5.21. The van der Waals surface area contributed by atoms with E-state index < -0.39 is 71.3 Å². The van der Waals surface area contributed by atoms with Gasteiger partial charge in [0.05, 0.1) is 40.3 Å². The van der Waals surface area contributed by atoms with Crippen molar-refractivity contribution in [3.63, 3.8) is 0 Å². The molecule has 3 aromatic rings. The fraction of sp³-hybridized carbons (Fsp3) is 0.400. The molecular weight excluding hydrogens is 667 g/mol. The predicted molar refractivity (Wildman–Crippen MR) is 150 cm³/mol. The van der Waals surface area contributed by atoms with Crippen molar-refractivity contribution in [2.24, 2.45) is 0 Å². The molecule has 1 amide bonds. The minimum absolute atomic E-state index is 0.0274. The van der Waals surface area contributed by atoms with E-state index in [-0.39, 0.29) is 60.8 Å². The predicted octanol–water partition coefficient (Wildman–Crippen LogP) is 7.89. The van der Waals surface area contributed by atoms with Crippen molar-refractivity contribution in [1.82, 2.24) is 9.97 Å². The van der Waals surface area contributed by atoms with E-state index in [2.05, 4.69) is 15.3 Å². The number of carboxylic acid groups (broad SMARTS) is 1. The molecule has 260 valence electrons. The second-order valence-corrected chi connectivity index (χ2v) is 10.7. The van der Waals surface area contributed by atoms with Crippen molar-refractivity contribution < 1.29 is 63.7 Å². The van der Waals surface area contributed by atoms with E-state index in [1.807, 2.05) is 0 Å². The number of nitrogens with zero attached hydrogens (tertiary/aromatic N) is 3. The van der Waals surface area contributed by atoms with Crippen molar-refractivity contribution in [3.05, 3.63) is 76.1 Å². The largest absolute Gasteiger partial charge is 0.486 e. The summed E-state index contributed by atoms with van der Waals surface area (Å²) >= 11 is 0. The molecule has 0 unspecified atom stereocenters. The average Bonchev–Trinajstić information content (AvgIpc) is 2.98. The molecule has 0 radical (unpaired) electrons. The van der Waals surface area contributed by atoms with Gasteiger partial charge in [-0.15, -0.1) is 0 Å². The minimum Gasteiger partial charge on any atom is -0.486 e. The van der Waals surface area contributed by atoms with Gasteiger partial charge >= 0.3 is 30.6 Å². The number of benzene rings is 2.